The SMILES string of the molecule is CC[C@@H](c1nnnn1CCc1ccccc1)N(Cc1ccccc1OC)Cc1cc2c(C)ccc(C)c2[nH]c1=O. The van der Waals surface area contributed by atoms with Gasteiger partial charge >= 0.3 is 0 Å². The van der Waals surface area contributed by atoms with E-state index in [2.05, 4.69) is 63.5 Å². The number of methoxy groups -OCH3 is 1. The first-order valence-corrected chi connectivity index (χ1v) is 13.8. The van der Waals surface area contributed by atoms with Crippen LogP contribution in [0.25, 0.3) is 10.9 Å². The van der Waals surface area contributed by atoms with Crippen molar-refractivity contribution in [1.82, 2.24) is 30.1 Å². The van der Waals surface area contributed by atoms with Crippen molar-refractivity contribution in [3.05, 3.63) is 117 Å². The van der Waals surface area contributed by atoms with Gasteiger partial charge in [-0.15, -0.1) is 5.10 Å². The fourth-order valence-electron chi connectivity index (χ4n) is 5.38. The number of aryl methyl sites for hydroxylation is 4. The molecule has 0 aliphatic heterocycles. The maximum atomic E-state index is 13.4. The molecule has 3 aromatic carbocycles. The Bertz CT molecular complexity index is 1640. The van der Waals surface area contributed by atoms with E-state index >= 15 is 0 Å². The van der Waals surface area contributed by atoms with Crippen LogP contribution in [-0.2, 0) is 26.1 Å². The van der Waals surface area contributed by atoms with E-state index in [1.165, 1.54) is 5.56 Å². The van der Waals surface area contributed by atoms with Gasteiger partial charge in [-0.2, -0.15) is 0 Å². The highest BCUT2D eigenvalue weighted by molar-refractivity contribution is 5.85. The number of aromatic amines is 1. The molecule has 0 aliphatic carbocycles. The minimum atomic E-state index is -0.121. The number of hydrogen-bond donors (Lipinski definition) is 1. The number of pyridine rings is 1. The summed E-state index contributed by atoms with van der Waals surface area (Å²) in [4.78, 5) is 18.8. The van der Waals surface area contributed by atoms with Gasteiger partial charge in [-0.1, -0.05) is 67.6 Å². The molecule has 5 aromatic rings. The van der Waals surface area contributed by atoms with Crippen molar-refractivity contribution < 1.29 is 4.74 Å². The summed E-state index contributed by atoms with van der Waals surface area (Å²) in [7, 11) is 1.68. The van der Waals surface area contributed by atoms with Crippen LogP contribution in [0.3, 0.4) is 0 Å². The summed E-state index contributed by atoms with van der Waals surface area (Å²) in [6.07, 6.45) is 1.59. The lowest BCUT2D eigenvalue weighted by molar-refractivity contribution is 0.159. The van der Waals surface area contributed by atoms with E-state index in [1.54, 1.807) is 7.11 Å². The largest absolute Gasteiger partial charge is 0.496 e. The van der Waals surface area contributed by atoms with Crippen LogP contribution >= 0.6 is 0 Å². The molecule has 8 nitrogen and oxygen atoms in total. The highest BCUT2D eigenvalue weighted by Gasteiger charge is 2.27. The smallest absolute Gasteiger partial charge is 0.252 e. The molecule has 5 rings (SSSR count). The van der Waals surface area contributed by atoms with E-state index in [1.807, 2.05) is 60.1 Å². The number of ether oxygens (including phenoxy) is 1. The number of fused-ring (bicyclic) bond motifs is 1. The van der Waals surface area contributed by atoms with Crippen LogP contribution in [0.2, 0.25) is 0 Å². The van der Waals surface area contributed by atoms with E-state index in [4.69, 9.17) is 4.74 Å². The van der Waals surface area contributed by atoms with Crippen molar-refractivity contribution in [3.8, 4) is 5.75 Å². The maximum absolute atomic E-state index is 13.4. The average molecular weight is 537 g/mol. The summed E-state index contributed by atoms with van der Waals surface area (Å²) in [6, 6.07) is 24.4. The summed E-state index contributed by atoms with van der Waals surface area (Å²) < 4.78 is 7.58. The van der Waals surface area contributed by atoms with Gasteiger partial charge in [-0.05, 0) is 65.9 Å². The van der Waals surface area contributed by atoms with Gasteiger partial charge in [0, 0.05) is 36.1 Å². The Morgan fingerprint density at radius 2 is 1.68 bits per heavy atom. The van der Waals surface area contributed by atoms with Crippen molar-refractivity contribution in [2.45, 2.75) is 59.3 Å². The first kappa shape index (κ1) is 27.3. The molecular weight excluding hydrogens is 500 g/mol. The topological polar surface area (TPSA) is 88.9 Å². The quantitative estimate of drug-likeness (QED) is 0.239. The average Bonchev–Trinajstić information content (AvgIpc) is 3.44. The van der Waals surface area contributed by atoms with Crippen LogP contribution in [0.5, 0.6) is 5.75 Å². The standard InChI is InChI=1S/C32H36N6O2/c1-5-28(31-34-35-36-38(31)18-17-24-11-7-6-8-12-24)37(20-25-13-9-10-14-29(25)40-4)21-26-19-27-22(2)15-16-23(3)30(27)33-32(26)39/h6-16,19,28H,5,17-18,20-21H2,1-4H3,(H,33,39)/t28-/m0/s1. The summed E-state index contributed by atoms with van der Waals surface area (Å²) >= 11 is 0. The Morgan fingerprint density at radius 1 is 0.950 bits per heavy atom. The molecule has 8 heteroatoms. The third-order valence-corrected chi connectivity index (χ3v) is 7.60. The fourth-order valence-corrected chi connectivity index (χ4v) is 5.38. The van der Waals surface area contributed by atoms with Crippen LogP contribution < -0.4 is 10.3 Å². The van der Waals surface area contributed by atoms with Crippen LogP contribution in [0.15, 0.2) is 77.6 Å². The molecule has 0 amide bonds. The lowest BCUT2D eigenvalue weighted by Gasteiger charge is -2.31. The molecule has 1 atom stereocenters. The molecule has 0 saturated carbocycles. The van der Waals surface area contributed by atoms with E-state index in [9.17, 15) is 4.79 Å². The highest BCUT2D eigenvalue weighted by atomic mass is 16.5. The molecular formula is C32H36N6O2. The number of tetrazole rings is 1. The van der Waals surface area contributed by atoms with E-state index in [0.29, 0.717) is 25.2 Å². The Morgan fingerprint density at radius 3 is 2.45 bits per heavy atom. The van der Waals surface area contributed by atoms with Crippen molar-refractivity contribution in [2.75, 3.05) is 7.11 Å². The van der Waals surface area contributed by atoms with Crippen LogP contribution in [-0.4, -0.2) is 37.2 Å². The summed E-state index contributed by atoms with van der Waals surface area (Å²) in [5, 5.41) is 14.0. The normalized spacial score (nSPS) is 12.2. The summed E-state index contributed by atoms with van der Waals surface area (Å²) in [6.45, 7) is 7.90. The Hall–Kier alpha value is -4.30. The van der Waals surface area contributed by atoms with Crippen LogP contribution in [0, 0.1) is 13.8 Å². The molecule has 0 radical (unpaired) electrons. The zero-order valence-electron chi connectivity index (χ0n) is 23.6. The van der Waals surface area contributed by atoms with Crippen LogP contribution in [0.4, 0.5) is 0 Å². The number of para-hydroxylation sites is 1. The van der Waals surface area contributed by atoms with Crippen molar-refractivity contribution in [3.63, 3.8) is 0 Å². The highest BCUT2D eigenvalue weighted by Crippen LogP contribution is 2.30. The van der Waals surface area contributed by atoms with E-state index < -0.39 is 0 Å². The van der Waals surface area contributed by atoms with Gasteiger partial charge in [0.25, 0.3) is 5.56 Å². The zero-order valence-corrected chi connectivity index (χ0v) is 23.6. The maximum Gasteiger partial charge on any atom is 0.252 e. The second-order valence-electron chi connectivity index (χ2n) is 10.2. The lowest BCUT2D eigenvalue weighted by Crippen LogP contribution is -2.32. The molecule has 0 aliphatic rings. The Kier molecular flexibility index (Phi) is 8.36. The fraction of sp³-hybridized carbons (Fsp3) is 0.312. The molecule has 1 N–H and O–H groups in total. The molecule has 2 heterocycles. The predicted molar refractivity (Wildman–Crippen MR) is 157 cm³/mol. The van der Waals surface area contributed by atoms with Crippen molar-refractivity contribution >= 4 is 10.9 Å². The van der Waals surface area contributed by atoms with Crippen molar-refractivity contribution in [1.29, 1.82) is 0 Å². The number of benzene rings is 3. The lowest BCUT2D eigenvalue weighted by atomic mass is 10.0. The third kappa shape index (κ3) is 5.82. The number of aromatic nitrogens is 5. The number of nitrogens with one attached hydrogen (secondary N) is 1. The monoisotopic (exact) mass is 536 g/mol. The molecule has 206 valence electrons. The molecule has 2 aromatic heterocycles. The van der Waals surface area contributed by atoms with Crippen molar-refractivity contribution in [2.24, 2.45) is 0 Å². The van der Waals surface area contributed by atoms with Gasteiger partial charge in [0.1, 0.15) is 5.75 Å². The second-order valence-corrected chi connectivity index (χ2v) is 10.2. The van der Waals surface area contributed by atoms with Gasteiger partial charge in [0.15, 0.2) is 5.82 Å². The first-order valence-electron chi connectivity index (χ1n) is 13.8. The number of rotatable bonds is 11. The van der Waals surface area contributed by atoms with E-state index in [0.717, 1.165) is 52.0 Å². The molecule has 0 spiro atoms. The summed E-state index contributed by atoms with van der Waals surface area (Å²) in [5.41, 5.74) is 5.97. The van der Waals surface area contributed by atoms with Gasteiger partial charge in [-0.25, -0.2) is 4.68 Å². The third-order valence-electron chi connectivity index (χ3n) is 7.60. The van der Waals surface area contributed by atoms with Crippen LogP contribution in [0.1, 0.15) is 53.0 Å². The van der Waals surface area contributed by atoms with Gasteiger partial charge in [0.05, 0.1) is 18.7 Å². The number of H-pyrrole nitrogens is 1. The first-order chi connectivity index (χ1) is 19.5. The minimum absolute atomic E-state index is 0.0789. The zero-order chi connectivity index (χ0) is 28.1. The van der Waals surface area contributed by atoms with Gasteiger partial charge in [0.2, 0.25) is 0 Å². The molecule has 0 bridgehead atoms. The molecule has 40 heavy (non-hydrogen) atoms. The minimum Gasteiger partial charge on any atom is -0.496 e. The number of nitrogens with zero attached hydrogens (tertiary/aromatic N) is 5. The summed E-state index contributed by atoms with van der Waals surface area (Å²) in [5.74, 6) is 1.60. The Balaban J connectivity index is 1.53. The molecule has 0 saturated heterocycles. The Labute approximate surface area is 234 Å². The number of hydrogen-bond acceptors (Lipinski definition) is 6. The predicted octanol–water partition coefficient (Wildman–Crippen LogP) is 5.54. The van der Waals surface area contributed by atoms with E-state index in [-0.39, 0.29) is 11.6 Å². The molecule has 0 fully saturated rings. The van der Waals surface area contributed by atoms with Gasteiger partial charge < -0.3 is 9.72 Å². The molecule has 0 unspecified atom stereocenters. The second kappa shape index (κ2) is 12.3. The van der Waals surface area contributed by atoms with Gasteiger partial charge in [-0.3, -0.25) is 9.69 Å².